The predicted molar refractivity (Wildman–Crippen MR) is 67.7 cm³/mol. The lowest BCUT2D eigenvalue weighted by Crippen LogP contribution is -2.54. The van der Waals surface area contributed by atoms with Crippen molar-refractivity contribution in [2.75, 3.05) is 19.6 Å². The van der Waals surface area contributed by atoms with E-state index in [9.17, 15) is 4.79 Å². The third-order valence-electron chi connectivity index (χ3n) is 3.14. The molecule has 0 aliphatic carbocycles. The Bertz CT molecular complexity index is 366. The number of benzene rings is 1. The van der Waals surface area contributed by atoms with Gasteiger partial charge in [-0.25, -0.2) is 4.79 Å². The van der Waals surface area contributed by atoms with E-state index in [2.05, 4.69) is 17.4 Å². The van der Waals surface area contributed by atoms with Gasteiger partial charge in [0.25, 0.3) is 0 Å². The van der Waals surface area contributed by atoms with Crippen LogP contribution in [0, 0.1) is 0 Å². The number of carbonyl (C=O) groups is 1. The van der Waals surface area contributed by atoms with Crippen LogP contribution in [-0.4, -0.2) is 36.6 Å². The second-order valence-electron chi connectivity index (χ2n) is 4.36. The molecule has 1 heterocycles. The Balaban J connectivity index is 2.03. The molecule has 1 aromatic rings. The Morgan fingerprint density at radius 2 is 2.12 bits per heavy atom. The molecule has 1 unspecified atom stereocenters. The molecule has 2 rings (SSSR count). The highest BCUT2D eigenvalue weighted by Crippen LogP contribution is 2.11. The first-order valence-corrected chi connectivity index (χ1v) is 6.09. The first-order valence-electron chi connectivity index (χ1n) is 6.09. The molecule has 0 radical (unpaired) electrons. The standard InChI is InChI=1S/C13H19N3O/c14-10-12(9-11-5-2-1-3-6-11)16-8-4-7-15-13(16)17/h1-3,5-6,12H,4,7-10,14H2,(H,15,17). The van der Waals surface area contributed by atoms with E-state index in [0.717, 1.165) is 25.9 Å². The number of amides is 2. The van der Waals surface area contributed by atoms with Gasteiger partial charge in [-0.1, -0.05) is 30.3 Å². The van der Waals surface area contributed by atoms with Crippen LogP contribution in [0.4, 0.5) is 4.79 Å². The lowest BCUT2D eigenvalue weighted by molar-refractivity contribution is 0.162. The fourth-order valence-corrected chi connectivity index (χ4v) is 2.20. The van der Waals surface area contributed by atoms with E-state index in [1.54, 1.807) is 0 Å². The van der Waals surface area contributed by atoms with Gasteiger partial charge in [-0.3, -0.25) is 0 Å². The normalized spacial score (nSPS) is 17.7. The number of hydrogen-bond donors (Lipinski definition) is 2. The zero-order chi connectivity index (χ0) is 12.1. The molecule has 1 saturated heterocycles. The largest absolute Gasteiger partial charge is 0.338 e. The zero-order valence-corrected chi connectivity index (χ0v) is 9.93. The van der Waals surface area contributed by atoms with Gasteiger partial charge in [-0.15, -0.1) is 0 Å². The number of urea groups is 1. The molecule has 1 fully saturated rings. The highest BCUT2D eigenvalue weighted by atomic mass is 16.2. The van der Waals surface area contributed by atoms with E-state index in [1.165, 1.54) is 5.56 Å². The fraction of sp³-hybridized carbons (Fsp3) is 0.462. The van der Waals surface area contributed by atoms with Gasteiger partial charge in [0.2, 0.25) is 0 Å². The Labute approximate surface area is 102 Å². The van der Waals surface area contributed by atoms with Crippen LogP contribution in [0.1, 0.15) is 12.0 Å². The summed E-state index contributed by atoms with van der Waals surface area (Å²) in [5, 5.41) is 2.86. The van der Waals surface area contributed by atoms with Gasteiger partial charge in [0, 0.05) is 25.7 Å². The maximum absolute atomic E-state index is 11.7. The number of nitrogens with two attached hydrogens (primary N) is 1. The van der Waals surface area contributed by atoms with Gasteiger partial charge in [0.1, 0.15) is 0 Å². The van der Waals surface area contributed by atoms with Crippen LogP contribution in [0.2, 0.25) is 0 Å². The van der Waals surface area contributed by atoms with E-state index < -0.39 is 0 Å². The van der Waals surface area contributed by atoms with Crippen molar-refractivity contribution in [1.82, 2.24) is 10.2 Å². The summed E-state index contributed by atoms with van der Waals surface area (Å²) in [6, 6.07) is 10.3. The molecule has 3 N–H and O–H groups in total. The van der Waals surface area contributed by atoms with Crippen molar-refractivity contribution in [1.29, 1.82) is 0 Å². The molecule has 2 amide bonds. The van der Waals surface area contributed by atoms with Crippen LogP contribution >= 0.6 is 0 Å². The summed E-state index contributed by atoms with van der Waals surface area (Å²) in [6.07, 6.45) is 1.82. The molecule has 92 valence electrons. The molecule has 1 aliphatic rings. The minimum Gasteiger partial charge on any atom is -0.338 e. The first-order chi connectivity index (χ1) is 8.31. The summed E-state index contributed by atoms with van der Waals surface area (Å²) in [5.41, 5.74) is 7.02. The minimum atomic E-state index is 0.0163. The lowest BCUT2D eigenvalue weighted by Gasteiger charge is -2.34. The fourth-order valence-electron chi connectivity index (χ4n) is 2.20. The Morgan fingerprint density at radius 1 is 1.35 bits per heavy atom. The highest BCUT2D eigenvalue weighted by molar-refractivity contribution is 5.75. The third kappa shape index (κ3) is 2.97. The Hall–Kier alpha value is -1.55. The molecule has 0 saturated carbocycles. The van der Waals surface area contributed by atoms with Gasteiger partial charge < -0.3 is 16.0 Å². The van der Waals surface area contributed by atoms with E-state index in [4.69, 9.17) is 5.73 Å². The number of nitrogens with zero attached hydrogens (tertiary/aromatic N) is 1. The van der Waals surface area contributed by atoms with Crippen LogP contribution in [0.3, 0.4) is 0 Å². The van der Waals surface area contributed by atoms with Crippen LogP contribution < -0.4 is 11.1 Å². The molecule has 1 atom stereocenters. The van der Waals surface area contributed by atoms with Crippen molar-refractivity contribution >= 4 is 6.03 Å². The van der Waals surface area contributed by atoms with E-state index in [-0.39, 0.29) is 12.1 Å². The van der Waals surface area contributed by atoms with Gasteiger partial charge in [0.05, 0.1) is 0 Å². The van der Waals surface area contributed by atoms with Gasteiger partial charge in [-0.05, 0) is 18.4 Å². The monoisotopic (exact) mass is 233 g/mol. The SMILES string of the molecule is NCC(Cc1ccccc1)N1CCCNC1=O. The summed E-state index contributed by atoms with van der Waals surface area (Å²) in [5.74, 6) is 0. The van der Waals surface area contributed by atoms with E-state index >= 15 is 0 Å². The summed E-state index contributed by atoms with van der Waals surface area (Å²) in [6.45, 7) is 2.08. The van der Waals surface area contributed by atoms with Crippen molar-refractivity contribution in [3.8, 4) is 0 Å². The topological polar surface area (TPSA) is 58.4 Å². The quantitative estimate of drug-likeness (QED) is 0.814. The molecule has 1 aliphatic heterocycles. The second kappa shape index (κ2) is 5.68. The highest BCUT2D eigenvalue weighted by Gasteiger charge is 2.24. The molecule has 0 spiro atoms. The average Bonchev–Trinajstić information content (AvgIpc) is 2.38. The summed E-state index contributed by atoms with van der Waals surface area (Å²) in [7, 11) is 0. The summed E-state index contributed by atoms with van der Waals surface area (Å²) in [4.78, 5) is 13.6. The summed E-state index contributed by atoms with van der Waals surface area (Å²) >= 11 is 0. The number of nitrogens with one attached hydrogen (secondary N) is 1. The van der Waals surface area contributed by atoms with Crippen molar-refractivity contribution in [3.05, 3.63) is 35.9 Å². The molecular weight excluding hydrogens is 214 g/mol. The van der Waals surface area contributed by atoms with Crippen molar-refractivity contribution in [2.45, 2.75) is 18.9 Å². The van der Waals surface area contributed by atoms with E-state index in [1.807, 2.05) is 23.1 Å². The number of hydrogen-bond acceptors (Lipinski definition) is 2. The molecular formula is C13H19N3O. The Kier molecular flexibility index (Phi) is 3.98. The van der Waals surface area contributed by atoms with Crippen LogP contribution in [0.25, 0.3) is 0 Å². The first kappa shape index (κ1) is 11.9. The second-order valence-corrected chi connectivity index (χ2v) is 4.36. The minimum absolute atomic E-state index is 0.0163. The average molecular weight is 233 g/mol. The summed E-state index contributed by atoms with van der Waals surface area (Å²) < 4.78 is 0. The Morgan fingerprint density at radius 3 is 2.76 bits per heavy atom. The molecule has 1 aromatic carbocycles. The molecule has 0 bridgehead atoms. The van der Waals surface area contributed by atoms with Gasteiger partial charge >= 0.3 is 6.03 Å². The van der Waals surface area contributed by atoms with Crippen molar-refractivity contribution in [3.63, 3.8) is 0 Å². The van der Waals surface area contributed by atoms with E-state index in [0.29, 0.717) is 6.54 Å². The van der Waals surface area contributed by atoms with Crippen LogP contribution in [0.15, 0.2) is 30.3 Å². The van der Waals surface area contributed by atoms with Crippen molar-refractivity contribution in [2.24, 2.45) is 5.73 Å². The van der Waals surface area contributed by atoms with Crippen LogP contribution in [-0.2, 0) is 6.42 Å². The molecule has 4 heteroatoms. The van der Waals surface area contributed by atoms with Gasteiger partial charge in [-0.2, -0.15) is 0 Å². The molecule has 4 nitrogen and oxygen atoms in total. The van der Waals surface area contributed by atoms with Crippen LogP contribution in [0.5, 0.6) is 0 Å². The smallest absolute Gasteiger partial charge is 0.317 e. The van der Waals surface area contributed by atoms with Crippen molar-refractivity contribution < 1.29 is 4.79 Å². The number of carbonyl (C=O) groups excluding carboxylic acids is 1. The molecule has 0 aromatic heterocycles. The third-order valence-corrected chi connectivity index (χ3v) is 3.14. The van der Waals surface area contributed by atoms with Gasteiger partial charge in [0.15, 0.2) is 0 Å². The zero-order valence-electron chi connectivity index (χ0n) is 9.93. The maximum Gasteiger partial charge on any atom is 0.317 e. The maximum atomic E-state index is 11.7. The predicted octanol–water partition coefficient (Wildman–Crippen LogP) is 0.972. The lowest BCUT2D eigenvalue weighted by atomic mass is 10.0. The number of rotatable bonds is 4. The molecule has 17 heavy (non-hydrogen) atoms.